The molecule has 2 amide bonds. The lowest BCUT2D eigenvalue weighted by atomic mass is 10.1. The maximum atomic E-state index is 13.1. The van der Waals surface area contributed by atoms with Crippen LogP contribution in [0, 0.1) is 5.82 Å². The summed E-state index contributed by atoms with van der Waals surface area (Å²) < 4.78 is 23.7. The van der Waals surface area contributed by atoms with Gasteiger partial charge < -0.3 is 19.7 Å². The highest BCUT2D eigenvalue weighted by Gasteiger charge is 2.28. The average Bonchev–Trinajstić information content (AvgIpc) is 2.67. The lowest BCUT2D eigenvalue weighted by molar-refractivity contribution is 0.0115. The van der Waals surface area contributed by atoms with E-state index in [1.807, 2.05) is 12.1 Å². The van der Waals surface area contributed by atoms with E-state index in [1.165, 1.54) is 12.1 Å². The minimum Gasteiger partial charge on any atom is -0.481 e. The summed E-state index contributed by atoms with van der Waals surface area (Å²) in [5.41, 5.74) is 1.55. The standard InChI is InChI=1S/C18H20FN3O3/c1-24-17-4-2-3-15(21-17)11-20-18(23)22-9-10-25-12-16(22)13-5-7-14(19)8-6-13/h2-8,16H,9-12H2,1H3,(H,20,23). The van der Waals surface area contributed by atoms with Crippen LogP contribution in [0.1, 0.15) is 17.3 Å². The van der Waals surface area contributed by atoms with Gasteiger partial charge in [-0.1, -0.05) is 18.2 Å². The van der Waals surface area contributed by atoms with Crippen LogP contribution in [0.3, 0.4) is 0 Å². The van der Waals surface area contributed by atoms with Crippen LogP contribution in [0.25, 0.3) is 0 Å². The minimum absolute atomic E-state index is 0.206. The number of rotatable bonds is 4. The first-order valence-electron chi connectivity index (χ1n) is 8.05. The summed E-state index contributed by atoms with van der Waals surface area (Å²) in [5.74, 6) is 0.197. The quantitative estimate of drug-likeness (QED) is 0.925. The zero-order valence-electron chi connectivity index (χ0n) is 13.9. The van der Waals surface area contributed by atoms with Crippen LogP contribution in [-0.2, 0) is 11.3 Å². The molecule has 1 aromatic heterocycles. The molecule has 6 nitrogen and oxygen atoms in total. The summed E-state index contributed by atoms with van der Waals surface area (Å²) in [4.78, 5) is 18.6. The lowest BCUT2D eigenvalue weighted by Crippen LogP contribution is -2.48. The van der Waals surface area contributed by atoms with Crippen LogP contribution in [0.5, 0.6) is 5.88 Å². The number of amides is 2. The molecule has 1 aliphatic rings. The van der Waals surface area contributed by atoms with Gasteiger partial charge in [-0.3, -0.25) is 0 Å². The Morgan fingerprint density at radius 1 is 1.36 bits per heavy atom. The number of halogens is 1. The number of hydrogen-bond acceptors (Lipinski definition) is 4. The van der Waals surface area contributed by atoms with Crippen molar-refractivity contribution in [2.24, 2.45) is 0 Å². The molecule has 1 aliphatic heterocycles. The Hall–Kier alpha value is -2.67. The topological polar surface area (TPSA) is 63.7 Å². The molecule has 132 valence electrons. The number of benzene rings is 1. The molecule has 0 spiro atoms. The number of nitrogens with zero attached hydrogens (tertiary/aromatic N) is 2. The van der Waals surface area contributed by atoms with Crippen molar-refractivity contribution in [1.82, 2.24) is 15.2 Å². The molecule has 2 heterocycles. The van der Waals surface area contributed by atoms with E-state index in [2.05, 4.69) is 10.3 Å². The molecule has 0 aliphatic carbocycles. The monoisotopic (exact) mass is 345 g/mol. The van der Waals surface area contributed by atoms with E-state index < -0.39 is 0 Å². The van der Waals surface area contributed by atoms with Crippen molar-refractivity contribution in [1.29, 1.82) is 0 Å². The van der Waals surface area contributed by atoms with Gasteiger partial charge in [0, 0.05) is 12.6 Å². The molecule has 1 aromatic carbocycles. The van der Waals surface area contributed by atoms with E-state index in [0.717, 1.165) is 5.56 Å². The van der Waals surface area contributed by atoms with E-state index in [-0.39, 0.29) is 17.9 Å². The first-order chi connectivity index (χ1) is 12.2. The van der Waals surface area contributed by atoms with E-state index >= 15 is 0 Å². The van der Waals surface area contributed by atoms with Crippen LogP contribution in [0.15, 0.2) is 42.5 Å². The zero-order chi connectivity index (χ0) is 17.6. The summed E-state index contributed by atoms with van der Waals surface area (Å²) in [6, 6.07) is 11.1. The largest absolute Gasteiger partial charge is 0.481 e. The molecule has 0 radical (unpaired) electrons. The maximum absolute atomic E-state index is 13.1. The summed E-state index contributed by atoms with van der Waals surface area (Å²) >= 11 is 0. The first-order valence-corrected chi connectivity index (χ1v) is 8.05. The number of ether oxygens (including phenoxy) is 2. The van der Waals surface area contributed by atoms with E-state index in [4.69, 9.17) is 9.47 Å². The Morgan fingerprint density at radius 3 is 2.92 bits per heavy atom. The molecule has 1 atom stereocenters. The van der Waals surface area contributed by atoms with Crippen LogP contribution in [0.2, 0.25) is 0 Å². The number of methoxy groups -OCH3 is 1. The van der Waals surface area contributed by atoms with Crippen LogP contribution in [-0.4, -0.2) is 42.8 Å². The number of urea groups is 1. The number of pyridine rings is 1. The lowest BCUT2D eigenvalue weighted by Gasteiger charge is -2.35. The fourth-order valence-corrected chi connectivity index (χ4v) is 2.75. The Balaban J connectivity index is 1.67. The maximum Gasteiger partial charge on any atom is 0.318 e. The van der Waals surface area contributed by atoms with Gasteiger partial charge in [0.1, 0.15) is 5.82 Å². The predicted octanol–water partition coefficient (Wildman–Crippen LogP) is 2.51. The van der Waals surface area contributed by atoms with Crippen molar-refractivity contribution in [2.45, 2.75) is 12.6 Å². The molecule has 7 heteroatoms. The Labute approximate surface area is 145 Å². The van der Waals surface area contributed by atoms with Gasteiger partial charge in [-0.25, -0.2) is 14.2 Å². The summed E-state index contributed by atoms with van der Waals surface area (Å²) in [6.45, 7) is 1.63. The van der Waals surface area contributed by atoms with Crippen LogP contribution >= 0.6 is 0 Å². The third-order valence-electron chi connectivity index (χ3n) is 4.06. The zero-order valence-corrected chi connectivity index (χ0v) is 13.9. The second-order valence-electron chi connectivity index (χ2n) is 5.67. The highest BCUT2D eigenvalue weighted by Crippen LogP contribution is 2.24. The molecular formula is C18H20FN3O3. The van der Waals surface area contributed by atoms with Crippen LogP contribution in [0.4, 0.5) is 9.18 Å². The van der Waals surface area contributed by atoms with Gasteiger partial charge in [-0.2, -0.15) is 0 Å². The number of aromatic nitrogens is 1. The van der Waals surface area contributed by atoms with Gasteiger partial charge in [-0.15, -0.1) is 0 Å². The molecule has 0 bridgehead atoms. The fraction of sp³-hybridized carbons (Fsp3) is 0.333. The molecule has 1 N–H and O–H groups in total. The molecule has 1 unspecified atom stereocenters. The van der Waals surface area contributed by atoms with E-state index in [0.29, 0.717) is 37.9 Å². The van der Waals surface area contributed by atoms with Crippen molar-refractivity contribution >= 4 is 6.03 Å². The molecule has 0 saturated carbocycles. The predicted molar refractivity (Wildman–Crippen MR) is 89.7 cm³/mol. The third kappa shape index (κ3) is 4.24. The second kappa shape index (κ2) is 7.94. The van der Waals surface area contributed by atoms with Gasteiger partial charge >= 0.3 is 6.03 Å². The number of morpholine rings is 1. The molecule has 1 saturated heterocycles. The van der Waals surface area contributed by atoms with E-state index in [1.54, 1.807) is 30.2 Å². The highest BCUT2D eigenvalue weighted by atomic mass is 19.1. The Kier molecular flexibility index (Phi) is 5.45. The highest BCUT2D eigenvalue weighted by molar-refractivity contribution is 5.74. The molecule has 2 aromatic rings. The van der Waals surface area contributed by atoms with Crippen molar-refractivity contribution in [3.05, 3.63) is 59.5 Å². The van der Waals surface area contributed by atoms with Gasteiger partial charge in [0.25, 0.3) is 0 Å². The summed E-state index contributed by atoms with van der Waals surface area (Å²) in [5, 5.41) is 2.87. The SMILES string of the molecule is COc1cccc(CNC(=O)N2CCOCC2c2ccc(F)cc2)n1. The van der Waals surface area contributed by atoms with Crippen molar-refractivity contribution < 1.29 is 18.7 Å². The average molecular weight is 345 g/mol. The van der Waals surface area contributed by atoms with Gasteiger partial charge in [-0.05, 0) is 23.8 Å². The molecule has 25 heavy (non-hydrogen) atoms. The summed E-state index contributed by atoms with van der Waals surface area (Å²) in [7, 11) is 1.55. The minimum atomic E-state index is -0.305. The first kappa shape index (κ1) is 17.2. The number of nitrogens with one attached hydrogen (secondary N) is 1. The normalized spacial score (nSPS) is 17.2. The smallest absolute Gasteiger partial charge is 0.318 e. The van der Waals surface area contributed by atoms with E-state index in [9.17, 15) is 9.18 Å². The van der Waals surface area contributed by atoms with Crippen molar-refractivity contribution in [3.8, 4) is 5.88 Å². The number of carbonyl (C=O) groups is 1. The summed E-state index contributed by atoms with van der Waals surface area (Å²) in [6.07, 6.45) is 0. The Bertz CT molecular complexity index is 724. The number of carbonyl (C=O) groups excluding carboxylic acids is 1. The van der Waals surface area contributed by atoms with Gasteiger partial charge in [0.2, 0.25) is 5.88 Å². The fourth-order valence-electron chi connectivity index (χ4n) is 2.75. The third-order valence-corrected chi connectivity index (χ3v) is 4.06. The molecule has 3 rings (SSSR count). The second-order valence-corrected chi connectivity index (χ2v) is 5.67. The molecule has 1 fully saturated rings. The Morgan fingerprint density at radius 2 is 2.16 bits per heavy atom. The van der Waals surface area contributed by atoms with Gasteiger partial charge in [0.05, 0.1) is 38.6 Å². The van der Waals surface area contributed by atoms with Gasteiger partial charge in [0.15, 0.2) is 0 Å². The van der Waals surface area contributed by atoms with Crippen LogP contribution < -0.4 is 10.1 Å². The van der Waals surface area contributed by atoms with Crippen molar-refractivity contribution in [2.75, 3.05) is 26.9 Å². The van der Waals surface area contributed by atoms with Crippen molar-refractivity contribution in [3.63, 3.8) is 0 Å². The molecular weight excluding hydrogens is 325 g/mol. The number of hydrogen-bond donors (Lipinski definition) is 1.